The smallest absolute Gasteiger partial charge is 0.241 e. The number of hydrogen-bond acceptors (Lipinski definition) is 8. The van der Waals surface area contributed by atoms with Crippen LogP contribution in [0.1, 0.15) is 28.9 Å². The molecule has 0 radical (unpaired) electrons. The van der Waals surface area contributed by atoms with Gasteiger partial charge >= 0.3 is 0 Å². The van der Waals surface area contributed by atoms with Crippen LogP contribution in [0.15, 0.2) is 46.3 Å². The topological polar surface area (TPSA) is 144 Å². The van der Waals surface area contributed by atoms with E-state index in [1.807, 2.05) is 0 Å². The van der Waals surface area contributed by atoms with Crippen molar-refractivity contribution in [2.24, 2.45) is 5.41 Å². The van der Waals surface area contributed by atoms with Gasteiger partial charge in [-0.25, -0.2) is 28.1 Å². The molecule has 1 aromatic carbocycles. The summed E-state index contributed by atoms with van der Waals surface area (Å²) in [6.45, 7) is -2.49. The van der Waals surface area contributed by atoms with Crippen molar-refractivity contribution < 1.29 is 22.1 Å². The van der Waals surface area contributed by atoms with Gasteiger partial charge in [-0.15, -0.1) is 0 Å². The van der Waals surface area contributed by atoms with E-state index in [-0.39, 0.29) is 51.0 Å². The van der Waals surface area contributed by atoms with E-state index in [1.54, 1.807) is 0 Å². The number of aliphatic hydroxyl groups excluding tert-OH is 1. The maximum atomic E-state index is 13.1. The van der Waals surface area contributed by atoms with Crippen molar-refractivity contribution >= 4 is 15.8 Å². The van der Waals surface area contributed by atoms with Crippen LogP contribution in [0, 0.1) is 12.3 Å². The quantitative estimate of drug-likeness (QED) is 0.538. The first kappa shape index (κ1) is 15.9. The van der Waals surface area contributed by atoms with Crippen molar-refractivity contribution in [1.82, 2.24) is 19.7 Å². The Morgan fingerprint density at radius 1 is 1.33 bits per heavy atom. The number of sulfonamides is 1. The minimum Gasteiger partial charge on any atom is -0.442 e. The van der Waals surface area contributed by atoms with Gasteiger partial charge in [-0.3, -0.25) is 0 Å². The zero-order chi connectivity index (χ0) is 23.6. The van der Waals surface area contributed by atoms with Crippen LogP contribution in [-0.2, 0) is 10.0 Å². The summed E-state index contributed by atoms with van der Waals surface area (Å²) >= 11 is 0. The zero-order valence-corrected chi connectivity index (χ0v) is 16.6. The van der Waals surface area contributed by atoms with Crippen LogP contribution in [0.5, 0.6) is 0 Å². The molecular formula is C20H21N5O4S. The van der Waals surface area contributed by atoms with Crippen LogP contribution < -0.4 is 10.5 Å². The first-order chi connectivity index (χ1) is 15.5. The number of nitrogen functional groups attached to an aromatic ring is 1. The molecule has 3 fully saturated rings. The van der Waals surface area contributed by atoms with Crippen LogP contribution >= 0.6 is 0 Å². The third-order valence-electron chi connectivity index (χ3n) is 5.87. The number of aromatic nitrogens is 3. The second-order valence-electron chi connectivity index (χ2n) is 8.14. The maximum Gasteiger partial charge on any atom is 0.241 e. The Bertz CT molecular complexity index is 1320. The molecule has 0 spiro atoms. The summed E-state index contributed by atoms with van der Waals surface area (Å²) in [6.07, 6.45) is 5.62. The number of oxazole rings is 1. The minimum atomic E-state index is -3.95. The molecule has 30 heavy (non-hydrogen) atoms. The van der Waals surface area contributed by atoms with Gasteiger partial charge in [0, 0.05) is 21.8 Å². The molecular weight excluding hydrogens is 406 g/mol. The Morgan fingerprint density at radius 3 is 2.80 bits per heavy atom. The zero-order valence-electron chi connectivity index (χ0n) is 18.8. The van der Waals surface area contributed by atoms with Crippen molar-refractivity contribution in [3.05, 3.63) is 42.5 Å². The summed E-state index contributed by atoms with van der Waals surface area (Å²) in [6, 6.07) is 3.81. The Kier molecular flexibility index (Phi) is 3.37. The second-order valence-corrected chi connectivity index (χ2v) is 9.82. The average Bonchev–Trinajstić information content (AvgIpc) is 3.23. The highest BCUT2D eigenvalue weighted by molar-refractivity contribution is 7.89. The van der Waals surface area contributed by atoms with Crippen LogP contribution in [0.2, 0.25) is 0 Å². The molecule has 6 rings (SSSR count). The van der Waals surface area contributed by atoms with E-state index < -0.39 is 22.4 Å². The summed E-state index contributed by atoms with van der Waals surface area (Å²) in [5.74, 6) is 0.293. The number of rotatable bonds is 6. The predicted octanol–water partition coefficient (Wildman–Crippen LogP) is 1.88. The van der Waals surface area contributed by atoms with Gasteiger partial charge in [0.1, 0.15) is 0 Å². The highest BCUT2D eigenvalue weighted by atomic mass is 32.2. The number of aryl methyl sites for hydroxylation is 1. The Morgan fingerprint density at radius 2 is 2.13 bits per heavy atom. The van der Waals surface area contributed by atoms with E-state index in [1.165, 1.54) is 37.0 Å². The summed E-state index contributed by atoms with van der Waals surface area (Å²) < 4.78 is 57.9. The number of anilines is 1. The molecule has 0 unspecified atom stereocenters. The van der Waals surface area contributed by atoms with Crippen LogP contribution in [0.25, 0.3) is 22.7 Å². The average molecular weight is 431 g/mol. The Labute approximate surface area is 177 Å². The molecule has 2 heterocycles. The fraction of sp³-hybridized carbons (Fsp3) is 0.350. The lowest BCUT2D eigenvalue weighted by atomic mass is 9.40. The van der Waals surface area contributed by atoms with E-state index >= 15 is 0 Å². The van der Waals surface area contributed by atoms with Gasteiger partial charge in [0.2, 0.25) is 10.0 Å². The van der Waals surface area contributed by atoms with Gasteiger partial charge in [0.05, 0.1) is 23.0 Å². The van der Waals surface area contributed by atoms with E-state index in [0.29, 0.717) is 19.3 Å². The van der Waals surface area contributed by atoms with Crippen molar-refractivity contribution in [1.29, 1.82) is 0 Å². The number of hydrogen-bond donors (Lipinski definition) is 3. The molecule has 0 amide bonds. The molecule has 4 N–H and O–H groups in total. The normalized spacial score (nSPS) is 26.8. The van der Waals surface area contributed by atoms with E-state index in [2.05, 4.69) is 19.7 Å². The van der Waals surface area contributed by atoms with E-state index in [0.717, 1.165) is 0 Å². The van der Waals surface area contributed by atoms with Gasteiger partial charge in [-0.05, 0) is 49.2 Å². The second kappa shape index (κ2) is 6.34. The third kappa shape index (κ3) is 2.91. The highest BCUT2D eigenvalue weighted by Gasteiger charge is 2.68. The molecule has 10 heteroatoms. The molecule has 3 aromatic rings. The monoisotopic (exact) mass is 430 g/mol. The van der Waals surface area contributed by atoms with Gasteiger partial charge in [-0.2, -0.15) is 0 Å². The predicted molar refractivity (Wildman–Crippen MR) is 109 cm³/mol. The standard InChI is InChI=1S/C20H21N5O4S/c1-12-2-3-13(30(27,28)25-20-7-19(8-20,9-20)10-26)4-14(12)15-5-23-18(21)17(24-15)16-6-22-11-29-16/h2-6,11,25-26H,7-10H2,1H3,(H2,21,23)/i1D3. The van der Waals surface area contributed by atoms with Crippen LogP contribution in [0.3, 0.4) is 0 Å². The number of nitrogens with zero attached hydrogens (tertiary/aromatic N) is 3. The summed E-state index contributed by atoms with van der Waals surface area (Å²) in [4.78, 5) is 12.2. The largest absolute Gasteiger partial charge is 0.442 e. The molecule has 2 bridgehead atoms. The highest BCUT2D eigenvalue weighted by Crippen LogP contribution is 2.67. The van der Waals surface area contributed by atoms with Crippen molar-refractivity contribution in [3.63, 3.8) is 0 Å². The molecule has 0 atom stereocenters. The van der Waals surface area contributed by atoms with Gasteiger partial charge in [-0.1, -0.05) is 6.07 Å². The number of benzene rings is 1. The molecule has 0 saturated heterocycles. The first-order valence-corrected chi connectivity index (χ1v) is 10.8. The lowest BCUT2D eigenvalue weighted by Crippen LogP contribution is -2.75. The van der Waals surface area contributed by atoms with Crippen LogP contribution in [-0.4, -0.2) is 40.6 Å². The molecule has 3 aliphatic carbocycles. The van der Waals surface area contributed by atoms with Crippen molar-refractivity contribution in [3.8, 4) is 22.7 Å². The molecule has 9 nitrogen and oxygen atoms in total. The Hall–Kier alpha value is -2.82. The summed E-state index contributed by atoms with van der Waals surface area (Å²) in [5.41, 5.74) is 5.49. The van der Waals surface area contributed by atoms with Crippen LogP contribution in [0.4, 0.5) is 5.82 Å². The SMILES string of the molecule is [2H]C([2H])([2H])c1ccc(S(=O)(=O)NC23CC(CO)(C2)C3)cc1-c1cnc(N)c(-c2cnco2)n1. The third-order valence-corrected chi connectivity index (χ3v) is 7.45. The number of nitrogens with one attached hydrogen (secondary N) is 1. The maximum absolute atomic E-state index is 13.1. The first-order valence-electron chi connectivity index (χ1n) is 10.8. The number of nitrogens with two attached hydrogens (primary N) is 1. The molecule has 3 saturated carbocycles. The lowest BCUT2D eigenvalue weighted by molar-refractivity contribution is -0.167. The fourth-order valence-corrected chi connectivity index (χ4v) is 5.99. The Balaban J connectivity index is 1.56. The summed E-state index contributed by atoms with van der Waals surface area (Å²) in [7, 11) is -3.95. The fourth-order valence-electron chi connectivity index (χ4n) is 4.56. The lowest BCUT2D eigenvalue weighted by Gasteiger charge is -2.69. The van der Waals surface area contributed by atoms with E-state index in [4.69, 9.17) is 14.3 Å². The minimum absolute atomic E-state index is 0.0389. The molecule has 3 aliphatic rings. The van der Waals surface area contributed by atoms with Gasteiger partial charge in [0.15, 0.2) is 23.7 Å². The number of aliphatic hydroxyl groups is 1. The van der Waals surface area contributed by atoms with Gasteiger partial charge < -0.3 is 15.3 Å². The van der Waals surface area contributed by atoms with E-state index in [9.17, 15) is 13.5 Å². The molecule has 0 aliphatic heterocycles. The summed E-state index contributed by atoms with van der Waals surface area (Å²) in [5, 5.41) is 9.43. The van der Waals surface area contributed by atoms with Crippen molar-refractivity contribution in [2.45, 2.75) is 36.5 Å². The molecule has 156 valence electrons. The van der Waals surface area contributed by atoms with Crippen molar-refractivity contribution in [2.75, 3.05) is 12.3 Å². The van der Waals surface area contributed by atoms with Gasteiger partial charge in [0.25, 0.3) is 0 Å². The molecule has 2 aromatic heterocycles.